The third-order valence-electron chi connectivity index (χ3n) is 6.42. The summed E-state index contributed by atoms with van der Waals surface area (Å²) in [6.07, 6.45) is 8.74. The van der Waals surface area contributed by atoms with Crippen LogP contribution in [0, 0.1) is 0 Å². The van der Waals surface area contributed by atoms with Crippen LogP contribution in [-0.2, 0) is 23.3 Å². The van der Waals surface area contributed by atoms with Gasteiger partial charge in [-0.1, -0.05) is 0 Å². The molecule has 1 amide bonds. The molecule has 2 aromatic rings. The van der Waals surface area contributed by atoms with Gasteiger partial charge < -0.3 is 19.1 Å². The summed E-state index contributed by atoms with van der Waals surface area (Å²) >= 11 is 1.71. The standard InChI is InChI=1S/C20H27N5O2S/c26-19(25-6-1-2-7-25)18-13-16-17(28-18)3-12-27-20(16)4-8-23(9-5-20)10-11-24-14-21-22-15-24/h13-15H,1-12H2. The molecule has 3 aliphatic heterocycles. The van der Waals surface area contributed by atoms with Gasteiger partial charge in [0.15, 0.2) is 0 Å². The first-order valence-corrected chi connectivity index (χ1v) is 11.2. The van der Waals surface area contributed by atoms with Gasteiger partial charge in [0.2, 0.25) is 0 Å². The maximum absolute atomic E-state index is 12.9. The van der Waals surface area contributed by atoms with Gasteiger partial charge in [0.1, 0.15) is 12.7 Å². The number of fused-ring (bicyclic) bond motifs is 2. The van der Waals surface area contributed by atoms with Crippen molar-refractivity contribution in [2.24, 2.45) is 0 Å². The lowest BCUT2D eigenvalue weighted by Crippen LogP contribution is -2.46. The second-order valence-electron chi connectivity index (χ2n) is 8.08. The quantitative estimate of drug-likeness (QED) is 0.785. The fourth-order valence-electron chi connectivity index (χ4n) is 4.74. The van der Waals surface area contributed by atoms with E-state index < -0.39 is 0 Å². The van der Waals surface area contributed by atoms with Crippen molar-refractivity contribution in [2.45, 2.75) is 44.2 Å². The minimum Gasteiger partial charge on any atom is -0.370 e. The number of rotatable bonds is 4. The van der Waals surface area contributed by atoms with E-state index in [9.17, 15) is 4.79 Å². The second-order valence-corrected chi connectivity index (χ2v) is 9.22. The summed E-state index contributed by atoms with van der Waals surface area (Å²) in [5.74, 6) is 0.221. The van der Waals surface area contributed by atoms with Gasteiger partial charge in [-0.2, -0.15) is 0 Å². The molecule has 0 atom stereocenters. The molecule has 2 fully saturated rings. The van der Waals surface area contributed by atoms with E-state index in [4.69, 9.17) is 4.74 Å². The van der Waals surface area contributed by atoms with Crippen molar-refractivity contribution >= 4 is 17.2 Å². The molecule has 2 saturated heterocycles. The summed E-state index contributed by atoms with van der Waals surface area (Å²) in [5, 5.41) is 7.74. The maximum atomic E-state index is 12.9. The van der Waals surface area contributed by atoms with E-state index in [2.05, 4.69) is 21.2 Å². The van der Waals surface area contributed by atoms with Crippen LogP contribution in [0.3, 0.4) is 0 Å². The van der Waals surface area contributed by atoms with Crippen LogP contribution in [0.4, 0.5) is 0 Å². The van der Waals surface area contributed by atoms with Crippen LogP contribution >= 0.6 is 11.3 Å². The Morgan fingerprint density at radius 3 is 2.61 bits per heavy atom. The molecular formula is C20H27N5O2S. The third kappa shape index (κ3) is 3.38. The highest BCUT2D eigenvalue weighted by atomic mass is 32.1. The fraction of sp³-hybridized carbons (Fsp3) is 0.650. The first-order valence-electron chi connectivity index (χ1n) is 10.3. The molecule has 0 N–H and O–H groups in total. The van der Waals surface area contributed by atoms with Crippen molar-refractivity contribution in [3.8, 4) is 0 Å². The summed E-state index contributed by atoms with van der Waals surface area (Å²) in [4.78, 5) is 19.6. The van der Waals surface area contributed by atoms with Gasteiger partial charge in [-0.25, -0.2) is 0 Å². The molecule has 2 aromatic heterocycles. The summed E-state index contributed by atoms with van der Waals surface area (Å²) in [7, 11) is 0. The Morgan fingerprint density at radius 1 is 1.11 bits per heavy atom. The maximum Gasteiger partial charge on any atom is 0.263 e. The molecule has 5 heterocycles. The Morgan fingerprint density at radius 2 is 1.86 bits per heavy atom. The van der Waals surface area contributed by atoms with E-state index in [0.717, 1.165) is 82.9 Å². The van der Waals surface area contributed by atoms with Crippen molar-refractivity contribution in [3.05, 3.63) is 34.0 Å². The van der Waals surface area contributed by atoms with E-state index in [1.807, 2.05) is 9.47 Å². The van der Waals surface area contributed by atoms with Crippen LogP contribution in [0.5, 0.6) is 0 Å². The zero-order chi connectivity index (χ0) is 19.0. The van der Waals surface area contributed by atoms with E-state index in [1.54, 1.807) is 24.0 Å². The average molecular weight is 402 g/mol. The molecule has 0 unspecified atom stereocenters. The van der Waals surface area contributed by atoms with Gasteiger partial charge >= 0.3 is 0 Å². The molecule has 3 aliphatic rings. The molecular weight excluding hydrogens is 374 g/mol. The first kappa shape index (κ1) is 18.3. The Hall–Kier alpha value is -1.77. The summed E-state index contributed by atoms with van der Waals surface area (Å²) in [5.41, 5.74) is 1.10. The second kappa shape index (κ2) is 7.57. The fourth-order valence-corrected chi connectivity index (χ4v) is 5.94. The highest BCUT2D eigenvalue weighted by molar-refractivity contribution is 7.14. The van der Waals surface area contributed by atoms with Crippen molar-refractivity contribution in [3.63, 3.8) is 0 Å². The van der Waals surface area contributed by atoms with E-state index in [1.165, 1.54) is 10.4 Å². The smallest absolute Gasteiger partial charge is 0.263 e. The number of hydrogen-bond donors (Lipinski definition) is 0. The van der Waals surface area contributed by atoms with Crippen molar-refractivity contribution < 1.29 is 9.53 Å². The molecule has 5 rings (SSSR count). The van der Waals surface area contributed by atoms with Crippen molar-refractivity contribution in [1.82, 2.24) is 24.6 Å². The Kier molecular flexibility index (Phi) is 4.94. The van der Waals surface area contributed by atoms with Crippen molar-refractivity contribution in [2.75, 3.05) is 39.3 Å². The summed E-state index contributed by atoms with van der Waals surface area (Å²) < 4.78 is 8.40. The summed E-state index contributed by atoms with van der Waals surface area (Å²) in [6.45, 7) is 6.54. The highest BCUT2D eigenvalue weighted by Crippen LogP contribution is 2.44. The van der Waals surface area contributed by atoms with Gasteiger partial charge in [0.05, 0.1) is 17.1 Å². The number of likely N-dealkylation sites (tertiary alicyclic amines) is 2. The van der Waals surface area contributed by atoms with Crippen LogP contribution in [0.25, 0.3) is 0 Å². The van der Waals surface area contributed by atoms with Crippen LogP contribution in [0.15, 0.2) is 18.7 Å². The van der Waals surface area contributed by atoms with Crippen LogP contribution in [0.1, 0.15) is 45.8 Å². The first-order chi connectivity index (χ1) is 13.7. The lowest BCUT2D eigenvalue weighted by molar-refractivity contribution is -0.0972. The molecule has 1 spiro atoms. The number of aromatic nitrogens is 3. The monoisotopic (exact) mass is 401 g/mol. The summed E-state index contributed by atoms with van der Waals surface area (Å²) in [6, 6.07) is 2.16. The van der Waals surface area contributed by atoms with E-state index >= 15 is 0 Å². The number of nitrogens with zero attached hydrogens (tertiary/aromatic N) is 5. The Bertz CT molecular complexity index is 820. The zero-order valence-electron chi connectivity index (χ0n) is 16.2. The number of thiophene rings is 1. The molecule has 7 nitrogen and oxygen atoms in total. The van der Waals surface area contributed by atoms with Crippen molar-refractivity contribution in [1.29, 1.82) is 0 Å². The molecule has 8 heteroatoms. The van der Waals surface area contributed by atoms with E-state index in [0.29, 0.717) is 0 Å². The Labute approximate surface area is 169 Å². The third-order valence-corrected chi connectivity index (χ3v) is 7.60. The molecule has 150 valence electrons. The number of carbonyl (C=O) groups excluding carboxylic acids is 1. The zero-order valence-corrected chi connectivity index (χ0v) is 17.0. The Balaban J connectivity index is 1.27. The van der Waals surface area contributed by atoms with Gasteiger partial charge in [0.25, 0.3) is 5.91 Å². The van der Waals surface area contributed by atoms with Crippen LogP contribution < -0.4 is 0 Å². The van der Waals surface area contributed by atoms with Gasteiger partial charge in [0, 0.05) is 50.6 Å². The van der Waals surface area contributed by atoms with Crippen LogP contribution in [0.2, 0.25) is 0 Å². The van der Waals surface area contributed by atoms with Gasteiger partial charge in [-0.15, -0.1) is 21.5 Å². The number of amides is 1. The lowest BCUT2D eigenvalue weighted by atomic mass is 9.82. The molecule has 0 aromatic carbocycles. The molecule has 0 saturated carbocycles. The lowest BCUT2D eigenvalue weighted by Gasteiger charge is -2.44. The number of hydrogen-bond acceptors (Lipinski definition) is 6. The number of ether oxygens (including phenoxy) is 1. The normalized spacial score (nSPS) is 21.9. The SMILES string of the molecule is O=C(c1cc2c(s1)CCOC21CCN(CCn2cnnc2)CC1)N1CCCC1. The average Bonchev–Trinajstić information content (AvgIpc) is 3.49. The molecule has 0 bridgehead atoms. The number of piperidine rings is 1. The number of carbonyl (C=O) groups is 1. The minimum absolute atomic E-state index is 0.194. The minimum atomic E-state index is -0.194. The van der Waals surface area contributed by atoms with E-state index in [-0.39, 0.29) is 11.5 Å². The molecule has 28 heavy (non-hydrogen) atoms. The van der Waals surface area contributed by atoms with Gasteiger partial charge in [-0.3, -0.25) is 4.79 Å². The van der Waals surface area contributed by atoms with Gasteiger partial charge in [-0.05, 0) is 37.3 Å². The predicted octanol–water partition coefficient (Wildman–Crippen LogP) is 2.14. The largest absolute Gasteiger partial charge is 0.370 e. The molecule has 0 radical (unpaired) electrons. The topological polar surface area (TPSA) is 63.5 Å². The highest BCUT2D eigenvalue weighted by Gasteiger charge is 2.42. The van der Waals surface area contributed by atoms with Crippen LogP contribution in [-0.4, -0.2) is 69.8 Å². The molecule has 0 aliphatic carbocycles. The predicted molar refractivity (Wildman–Crippen MR) is 106 cm³/mol.